The summed E-state index contributed by atoms with van der Waals surface area (Å²) < 4.78 is 10.4. The number of anilines is 2. The first-order valence-electron chi connectivity index (χ1n) is 9.01. The summed E-state index contributed by atoms with van der Waals surface area (Å²) in [5.74, 6) is 0.812. The molecule has 1 N–H and O–H groups in total. The maximum absolute atomic E-state index is 12.3. The lowest BCUT2D eigenvalue weighted by molar-refractivity contribution is 0.0940. The van der Waals surface area contributed by atoms with E-state index in [9.17, 15) is 4.79 Å². The van der Waals surface area contributed by atoms with Gasteiger partial charge < -0.3 is 24.6 Å². The molecule has 27 heavy (non-hydrogen) atoms. The van der Waals surface area contributed by atoms with Crippen LogP contribution in [0.2, 0.25) is 0 Å². The van der Waals surface area contributed by atoms with Crippen LogP contribution in [-0.4, -0.2) is 64.4 Å². The summed E-state index contributed by atoms with van der Waals surface area (Å²) in [4.78, 5) is 22.2. The number of rotatable bonds is 7. The summed E-state index contributed by atoms with van der Waals surface area (Å²) in [6.45, 7) is 6.37. The Morgan fingerprint density at radius 3 is 2.59 bits per heavy atom. The zero-order valence-corrected chi connectivity index (χ0v) is 16.8. The Morgan fingerprint density at radius 1 is 1.19 bits per heavy atom. The number of aryl methyl sites for hydroxylation is 1. The molecule has 0 unspecified atom stereocenters. The zero-order valence-electron chi connectivity index (χ0n) is 16.0. The van der Waals surface area contributed by atoms with Gasteiger partial charge in [-0.3, -0.25) is 4.79 Å². The molecule has 0 radical (unpaired) electrons. The van der Waals surface area contributed by atoms with E-state index in [0.29, 0.717) is 18.0 Å². The molecule has 2 heterocycles. The normalized spacial score (nSPS) is 14.3. The molecule has 0 aliphatic carbocycles. The van der Waals surface area contributed by atoms with Gasteiger partial charge in [-0.15, -0.1) is 0 Å². The summed E-state index contributed by atoms with van der Waals surface area (Å²) in [7, 11) is 3.32. The summed E-state index contributed by atoms with van der Waals surface area (Å²) in [6.07, 6.45) is 0. The first kappa shape index (κ1) is 19.4. The molecule has 1 saturated heterocycles. The van der Waals surface area contributed by atoms with E-state index in [-0.39, 0.29) is 5.91 Å². The Kier molecular flexibility index (Phi) is 6.52. The number of ether oxygens (including phenoxy) is 2. The highest BCUT2D eigenvalue weighted by Gasteiger charge is 2.23. The number of carbonyl (C=O) groups is 1. The van der Waals surface area contributed by atoms with Crippen LogP contribution in [0.4, 0.5) is 10.8 Å². The average molecular weight is 391 g/mol. The molecule has 1 aromatic heterocycles. The van der Waals surface area contributed by atoms with E-state index in [4.69, 9.17) is 9.47 Å². The fourth-order valence-corrected chi connectivity index (χ4v) is 4.14. The third-order valence-corrected chi connectivity index (χ3v) is 5.78. The van der Waals surface area contributed by atoms with Crippen molar-refractivity contribution in [1.82, 2.24) is 10.3 Å². The van der Waals surface area contributed by atoms with Crippen LogP contribution < -0.4 is 19.9 Å². The average Bonchev–Trinajstić information content (AvgIpc) is 3.10. The lowest BCUT2D eigenvalue weighted by Gasteiger charge is -2.36. The van der Waals surface area contributed by atoms with E-state index in [1.165, 1.54) is 11.3 Å². The molecule has 0 spiro atoms. The Labute approximate surface area is 163 Å². The minimum atomic E-state index is -0.0824. The number of benzene rings is 1. The summed E-state index contributed by atoms with van der Waals surface area (Å²) >= 11 is 1.46. The Bertz CT molecular complexity index is 772. The summed E-state index contributed by atoms with van der Waals surface area (Å²) in [5, 5.41) is 3.77. The van der Waals surface area contributed by atoms with Crippen LogP contribution in [0.5, 0.6) is 5.75 Å². The minimum Gasteiger partial charge on any atom is -0.495 e. The molecule has 1 aromatic carbocycles. The Balaban J connectivity index is 1.63. The van der Waals surface area contributed by atoms with Gasteiger partial charge in [0, 0.05) is 39.8 Å². The van der Waals surface area contributed by atoms with Gasteiger partial charge in [0.05, 0.1) is 25.1 Å². The molecule has 146 valence electrons. The maximum atomic E-state index is 12.3. The highest BCUT2D eigenvalue weighted by Crippen LogP contribution is 2.31. The highest BCUT2D eigenvalue weighted by molar-refractivity contribution is 7.17. The van der Waals surface area contributed by atoms with Crippen molar-refractivity contribution < 1.29 is 14.3 Å². The second-order valence-corrected chi connectivity index (χ2v) is 7.28. The van der Waals surface area contributed by atoms with Gasteiger partial charge in [-0.05, 0) is 19.1 Å². The molecule has 1 aliphatic rings. The zero-order chi connectivity index (χ0) is 19.2. The largest absolute Gasteiger partial charge is 0.495 e. The molecule has 7 nitrogen and oxygen atoms in total. The van der Waals surface area contributed by atoms with E-state index in [1.807, 2.05) is 25.1 Å². The summed E-state index contributed by atoms with van der Waals surface area (Å²) in [5.41, 5.74) is 1.89. The van der Waals surface area contributed by atoms with Crippen molar-refractivity contribution in [3.63, 3.8) is 0 Å². The number of methoxy groups -OCH3 is 2. The number of carbonyl (C=O) groups excluding carboxylic acids is 1. The van der Waals surface area contributed by atoms with E-state index >= 15 is 0 Å². The lowest BCUT2D eigenvalue weighted by atomic mass is 10.2. The molecular formula is C19H26N4O3S. The van der Waals surface area contributed by atoms with Crippen LogP contribution in [0.25, 0.3) is 0 Å². The molecule has 0 bridgehead atoms. The summed E-state index contributed by atoms with van der Waals surface area (Å²) in [6, 6.07) is 8.09. The van der Waals surface area contributed by atoms with Crippen LogP contribution in [0, 0.1) is 6.92 Å². The smallest absolute Gasteiger partial charge is 0.263 e. The van der Waals surface area contributed by atoms with E-state index in [1.54, 1.807) is 14.2 Å². The monoisotopic (exact) mass is 390 g/mol. The first-order valence-corrected chi connectivity index (χ1v) is 9.83. The molecule has 1 amide bonds. The predicted octanol–water partition coefficient (Wildman–Crippen LogP) is 2.16. The Morgan fingerprint density at radius 2 is 1.89 bits per heavy atom. The maximum Gasteiger partial charge on any atom is 0.263 e. The second kappa shape index (κ2) is 9.05. The molecule has 3 rings (SSSR count). The second-order valence-electron chi connectivity index (χ2n) is 6.31. The number of thiazole rings is 1. The van der Waals surface area contributed by atoms with Crippen molar-refractivity contribution in [2.45, 2.75) is 6.92 Å². The molecule has 1 aliphatic heterocycles. The van der Waals surface area contributed by atoms with Crippen LogP contribution in [-0.2, 0) is 4.74 Å². The lowest BCUT2D eigenvalue weighted by Crippen LogP contribution is -2.46. The SMILES string of the molecule is COCCNC(=O)c1sc(N2CCN(c3ccccc3OC)CC2)nc1C. The standard InChI is InChI=1S/C19H26N4O3S/c1-14-17(18(24)20-8-13-25-2)27-19(21-14)23-11-9-22(10-12-23)15-6-4-5-7-16(15)26-3/h4-7H,8-13H2,1-3H3,(H,20,24). The third kappa shape index (κ3) is 4.51. The van der Waals surface area contributed by atoms with Crippen molar-refractivity contribution in [2.75, 3.05) is 63.4 Å². The van der Waals surface area contributed by atoms with Crippen molar-refractivity contribution >= 4 is 28.1 Å². The van der Waals surface area contributed by atoms with Crippen molar-refractivity contribution in [3.05, 3.63) is 34.8 Å². The molecular weight excluding hydrogens is 364 g/mol. The van der Waals surface area contributed by atoms with Crippen LogP contribution >= 0.6 is 11.3 Å². The minimum absolute atomic E-state index is 0.0824. The Hall–Kier alpha value is -2.32. The van der Waals surface area contributed by atoms with Crippen molar-refractivity contribution in [3.8, 4) is 5.75 Å². The molecule has 0 saturated carbocycles. The third-order valence-electron chi connectivity index (χ3n) is 4.56. The van der Waals surface area contributed by atoms with Gasteiger partial charge in [-0.1, -0.05) is 23.5 Å². The number of nitrogens with zero attached hydrogens (tertiary/aromatic N) is 3. The van der Waals surface area contributed by atoms with Crippen molar-refractivity contribution in [2.24, 2.45) is 0 Å². The molecule has 1 fully saturated rings. The number of hydrogen-bond acceptors (Lipinski definition) is 7. The molecule has 8 heteroatoms. The van der Waals surface area contributed by atoms with Crippen LogP contribution in [0.1, 0.15) is 15.4 Å². The van der Waals surface area contributed by atoms with Gasteiger partial charge in [0.15, 0.2) is 5.13 Å². The van der Waals surface area contributed by atoms with Crippen LogP contribution in [0.15, 0.2) is 24.3 Å². The van der Waals surface area contributed by atoms with E-state index < -0.39 is 0 Å². The fraction of sp³-hybridized carbons (Fsp3) is 0.474. The van der Waals surface area contributed by atoms with E-state index in [2.05, 4.69) is 26.2 Å². The van der Waals surface area contributed by atoms with Gasteiger partial charge >= 0.3 is 0 Å². The number of amides is 1. The van der Waals surface area contributed by atoms with Gasteiger partial charge in [0.2, 0.25) is 0 Å². The first-order chi connectivity index (χ1) is 13.1. The predicted molar refractivity (Wildman–Crippen MR) is 108 cm³/mol. The highest BCUT2D eigenvalue weighted by atomic mass is 32.1. The van der Waals surface area contributed by atoms with Gasteiger partial charge in [0.1, 0.15) is 10.6 Å². The van der Waals surface area contributed by atoms with Gasteiger partial charge in [0.25, 0.3) is 5.91 Å². The number of hydrogen-bond donors (Lipinski definition) is 1. The number of nitrogens with one attached hydrogen (secondary N) is 1. The quantitative estimate of drug-likeness (QED) is 0.731. The van der Waals surface area contributed by atoms with Gasteiger partial charge in [-0.25, -0.2) is 4.98 Å². The van der Waals surface area contributed by atoms with Crippen molar-refractivity contribution in [1.29, 1.82) is 0 Å². The van der Waals surface area contributed by atoms with Crippen LogP contribution in [0.3, 0.4) is 0 Å². The molecule has 2 aromatic rings. The van der Waals surface area contributed by atoms with E-state index in [0.717, 1.165) is 48.4 Å². The number of para-hydroxylation sites is 2. The number of piperazine rings is 1. The topological polar surface area (TPSA) is 66.9 Å². The fourth-order valence-electron chi connectivity index (χ4n) is 3.10. The molecule has 0 atom stereocenters. The number of aromatic nitrogens is 1. The van der Waals surface area contributed by atoms with Gasteiger partial charge in [-0.2, -0.15) is 0 Å².